The van der Waals surface area contributed by atoms with Crippen LogP contribution >= 0.6 is 0 Å². The van der Waals surface area contributed by atoms with Crippen LogP contribution in [0, 0.1) is 0 Å². The maximum atomic E-state index is 12.6. The van der Waals surface area contributed by atoms with Gasteiger partial charge in [-0.3, -0.25) is 4.79 Å². The Balaban J connectivity index is 1.87. The quantitative estimate of drug-likeness (QED) is 0.763. The summed E-state index contributed by atoms with van der Waals surface area (Å²) < 4.78 is 38.1. The molecular weight excluding hydrogens is 360 g/mol. The van der Waals surface area contributed by atoms with Gasteiger partial charge < -0.3 is 14.8 Å². The van der Waals surface area contributed by atoms with E-state index in [4.69, 9.17) is 9.47 Å². The lowest BCUT2D eigenvalue weighted by Crippen LogP contribution is -2.35. The van der Waals surface area contributed by atoms with Crippen LogP contribution in [0.2, 0.25) is 0 Å². The molecule has 9 nitrogen and oxygen atoms in total. The number of amides is 1. The van der Waals surface area contributed by atoms with Crippen LogP contribution in [0.15, 0.2) is 41.7 Å². The minimum absolute atomic E-state index is 0.0296. The Hall–Kier alpha value is -2.56. The van der Waals surface area contributed by atoms with Crippen molar-refractivity contribution >= 4 is 21.7 Å². The zero-order valence-electron chi connectivity index (χ0n) is 14.0. The molecule has 10 heteroatoms. The number of ether oxygens (including phenoxy) is 2. The molecule has 2 N–H and O–H groups in total. The molecule has 1 aliphatic rings. The van der Waals surface area contributed by atoms with E-state index in [1.165, 1.54) is 43.9 Å². The summed E-state index contributed by atoms with van der Waals surface area (Å²) in [5.74, 6) is 0.00282. The van der Waals surface area contributed by atoms with Gasteiger partial charge in [0.1, 0.15) is 17.9 Å². The normalized spacial score (nSPS) is 17.0. The number of rotatable bonds is 6. The maximum Gasteiger partial charge on any atom is 0.260 e. The second-order valence-electron chi connectivity index (χ2n) is 5.59. The molecule has 3 rings (SSSR count). The van der Waals surface area contributed by atoms with E-state index < -0.39 is 15.9 Å². The largest absolute Gasteiger partial charge is 0.496 e. The third-order valence-electron chi connectivity index (χ3n) is 3.80. The van der Waals surface area contributed by atoms with Crippen LogP contribution in [0.25, 0.3) is 0 Å². The molecular formula is C16H18N4O5S. The molecule has 0 saturated carbocycles. The smallest absolute Gasteiger partial charge is 0.260 e. The zero-order valence-corrected chi connectivity index (χ0v) is 14.8. The van der Waals surface area contributed by atoms with Crippen molar-refractivity contribution in [1.82, 2.24) is 14.7 Å². The second kappa shape index (κ2) is 7.77. The number of sulfonamides is 1. The number of nitrogens with zero attached hydrogens (tertiary/aromatic N) is 2. The van der Waals surface area contributed by atoms with Gasteiger partial charge in [-0.2, -0.15) is 0 Å². The molecule has 2 heterocycles. The SMILES string of the molecule is COc1ccc(S(=O)(=O)NC2CCOC2)cc1C(=O)Nc1ccncn1. The predicted octanol–water partition coefficient (Wildman–Crippen LogP) is 0.805. The van der Waals surface area contributed by atoms with Gasteiger partial charge in [-0.05, 0) is 30.7 Å². The van der Waals surface area contributed by atoms with E-state index in [1.807, 2.05) is 0 Å². The highest BCUT2D eigenvalue weighted by Crippen LogP contribution is 2.24. The number of carbonyl (C=O) groups is 1. The number of carbonyl (C=O) groups excluding carboxylic acids is 1. The van der Waals surface area contributed by atoms with E-state index in [-0.39, 0.29) is 22.3 Å². The Labute approximate surface area is 150 Å². The Kier molecular flexibility index (Phi) is 5.45. The van der Waals surface area contributed by atoms with Gasteiger partial charge >= 0.3 is 0 Å². The van der Waals surface area contributed by atoms with Crippen LogP contribution < -0.4 is 14.8 Å². The fraction of sp³-hybridized carbons (Fsp3) is 0.312. The molecule has 0 bridgehead atoms. The number of methoxy groups -OCH3 is 1. The van der Waals surface area contributed by atoms with Gasteiger partial charge in [0.05, 0.1) is 24.2 Å². The highest BCUT2D eigenvalue weighted by molar-refractivity contribution is 7.89. The number of anilines is 1. The van der Waals surface area contributed by atoms with Crippen molar-refractivity contribution in [3.05, 3.63) is 42.4 Å². The summed E-state index contributed by atoms with van der Waals surface area (Å²) in [5.41, 5.74) is 0.0802. The minimum Gasteiger partial charge on any atom is -0.496 e. The summed E-state index contributed by atoms with van der Waals surface area (Å²) in [6, 6.07) is 5.34. The van der Waals surface area contributed by atoms with E-state index in [2.05, 4.69) is 20.0 Å². The second-order valence-corrected chi connectivity index (χ2v) is 7.31. The van der Waals surface area contributed by atoms with Crippen LogP contribution in [-0.2, 0) is 14.8 Å². The molecule has 1 aromatic heterocycles. The molecule has 0 radical (unpaired) electrons. The highest BCUT2D eigenvalue weighted by atomic mass is 32.2. The fourth-order valence-electron chi connectivity index (χ4n) is 2.49. The van der Waals surface area contributed by atoms with Gasteiger partial charge in [-0.1, -0.05) is 0 Å². The predicted molar refractivity (Wildman–Crippen MR) is 92.5 cm³/mol. The topological polar surface area (TPSA) is 120 Å². The van der Waals surface area contributed by atoms with Gasteiger partial charge in [0.15, 0.2) is 0 Å². The number of benzene rings is 1. The van der Waals surface area contributed by atoms with E-state index in [0.717, 1.165) is 0 Å². The van der Waals surface area contributed by atoms with Crippen molar-refractivity contribution in [2.45, 2.75) is 17.4 Å². The molecule has 138 valence electrons. The van der Waals surface area contributed by atoms with E-state index in [1.54, 1.807) is 0 Å². The number of nitrogens with one attached hydrogen (secondary N) is 2. The van der Waals surface area contributed by atoms with Gasteiger partial charge in [0.25, 0.3) is 5.91 Å². The molecule has 1 aliphatic heterocycles. The average Bonchev–Trinajstić information content (AvgIpc) is 3.14. The molecule has 1 saturated heterocycles. The van der Waals surface area contributed by atoms with Crippen molar-refractivity contribution in [1.29, 1.82) is 0 Å². The summed E-state index contributed by atoms with van der Waals surface area (Å²) in [6.45, 7) is 0.846. The fourth-order valence-corrected chi connectivity index (χ4v) is 3.78. The van der Waals surface area contributed by atoms with Crippen molar-refractivity contribution < 1.29 is 22.7 Å². The Morgan fingerprint density at radius 3 is 2.85 bits per heavy atom. The summed E-state index contributed by atoms with van der Waals surface area (Å²) in [5, 5.41) is 2.58. The molecule has 1 atom stereocenters. The highest BCUT2D eigenvalue weighted by Gasteiger charge is 2.25. The Bertz CT molecular complexity index is 883. The first-order valence-electron chi connectivity index (χ1n) is 7.85. The molecule has 0 aliphatic carbocycles. The first-order chi connectivity index (χ1) is 12.5. The van der Waals surface area contributed by atoms with E-state index in [0.29, 0.717) is 25.5 Å². The molecule has 26 heavy (non-hydrogen) atoms. The first-order valence-corrected chi connectivity index (χ1v) is 9.33. The number of hydrogen-bond donors (Lipinski definition) is 2. The lowest BCUT2D eigenvalue weighted by Gasteiger charge is -2.14. The molecule has 2 aromatic rings. The summed E-state index contributed by atoms with van der Waals surface area (Å²) in [7, 11) is -2.39. The summed E-state index contributed by atoms with van der Waals surface area (Å²) in [6.07, 6.45) is 3.38. The van der Waals surface area contributed by atoms with Crippen LogP contribution in [0.4, 0.5) is 5.82 Å². The van der Waals surface area contributed by atoms with E-state index >= 15 is 0 Å². The van der Waals surface area contributed by atoms with Crippen LogP contribution in [0.3, 0.4) is 0 Å². The van der Waals surface area contributed by atoms with E-state index in [9.17, 15) is 13.2 Å². The molecule has 1 unspecified atom stereocenters. The Morgan fingerprint density at radius 2 is 2.19 bits per heavy atom. The van der Waals surface area contributed by atoms with Crippen molar-refractivity contribution in [2.24, 2.45) is 0 Å². The van der Waals surface area contributed by atoms with Crippen molar-refractivity contribution in [3.8, 4) is 5.75 Å². The van der Waals surface area contributed by atoms with Gasteiger partial charge in [0.2, 0.25) is 10.0 Å². The Morgan fingerprint density at radius 1 is 1.35 bits per heavy atom. The lowest BCUT2D eigenvalue weighted by molar-refractivity contribution is 0.102. The van der Waals surface area contributed by atoms with Crippen LogP contribution in [0.1, 0.15) is 16.8 Å². The van der Waals surface area contributed by atoms with Crippen LogP contribution in [0.5, 0.6) is 5.75 Å². The third kappa shape index (κ3) is 4.15. The van der Waals surface area contributed by atoms with Crippen LogP contribution in [-0.4, -0.2) is 50.7 Å². The average molecular weight is 378 g/mol. The first kappa shape index (κ1) is 18.2. The maximum absolute atomic E-state index is 12.6. The summed E-state index contributed by atoms with van der Waals surface area (Å²) in [4.78, 5) is 20.2. The minimum atomic E-state index is -3.79. The summed E-state index contributed by atoms with van der Waals surface area (Å²) >= 11 is 0. The molecule has 1 fully saturated rings. The number of hydrogen-bond acceptors (Lipinski definition) is 7. The van der Waals surface area contributed by atoms with Gasteiger partial charge in [-0.15, -0.1) is 0 Å². The standard InChI is InChI=1S/C16H18N4O5S/c1-24-14-3-2-12(26(22,23)20-11-5-7-25-9-11)8-13(14)16(21)19-15-4-6-17-10-18-15/h2-4,6,8,10-11,20H,5,7,9H2,1H3,(H,17,18,19,21). The monoisotopic (exact) mass is 378 g/mol. The van der Waals surface area contributed by atoms with Gasteiger partial charge in [0, 0.05) is 18.8 Å². The van der Waals surface area contributed by atoms with Gasteiger partial charge in [-0.25, -0.2) is 23.1 Å². The molecule has 0 spiro atoms. The lowest BCUT2D eigenvalue weighted by atomic mass is 10.2. The van der Waals surface area contributed by atoms with Crippen molar-refractivity contribution in [2.75, 3.05) is 25.6 Å². The third-order valence-corrected chi connectivity index (χ3v) is 5.32. The number of aromatic nitrogens is 2. The zero-order chi connectivity index (χ0) is 18.6. The van der Waals surface area contributed by atoms with Crippen molar-refractivity contribution in [3.63, 3.8) is 0 Å². The molecule has 1 aromatic carbocycles. The molecule has 1 amide bonds.